The van der Waals surface area contributed by atoms with Crippen LogP contribution in [0.25, 0.3) is 10.9 Å². The second kappa shape index (κ2) is 10.2. The molecular formula is C26H37N3O5S. The Kier molecular flexibility index (Phi) is 7.21. The van der Waals surface area contributed by atoms with Crippen LogP contribution in [0.2, 0.25) is 0 Å². The first kappa shape index (κ1) is 24.7. The zero-order valence-electron chi connectivity index (χ0n) is 20.5. The van der Waals surface area contributed by atoms with Crippen molar-refractivity contribution in [2.24, 2.45) is 18.9 Å². The molecule has 2 aliphatic carbocycles. The number of carbonyl (C=O) groups excluding carboxylic acids is 1. The van der Waals surface area contributed by atoms with Gasteiger partial charge in [-0.25, -0.2) is 13.1 Å². The lowest BCUT2D eigenvalue weighted by Crippen LogP contribution is -2.52. The summed E-state index contributed by atoms with van der Waals surface area (Å²) in [5, 5.41) is 10.1. The molecule has 0 unspecified atom stereocenters. The van der Waals surface area contributed by atoms with E-state index >= 15 is 0 Å². The lowest BCUT2D eigenvalue weighted by Gasteiger charge is -2.39. The Balaban J connectivity index is 1.22. The van der Waals surface area contributed by atoms with Crippen LogP contribution in [0.5, 0.6) is 0 Å². The van der Waals surface area contributed by atoms with Gasteiger partial charge < -0.3 is 19.3 Å². The topological polar surface area (TPSA) is 101 Å². The Bertz CT molecular complexity index is 1170. The summed E-state index contributed by atoms with van der Waals surface area (Å²) < 4.78 is 37.0. The number of amides is 1. The predicted octanol–water partition coefficient (Wildman–Crippen LogP) is 2.58. The molecule has 2 aromatic rings. The summed E-state index contributed by atoms with van der Waals surface area (Å²) in [6.45, 7) is 2.04. The van der Waals surface area contributed by atoms with E-state index in [1.54, 1.807) is 12.1 Å². The largest absolute Gasteiger partial charge is 0.396 e. The number of ether oxygens (including phenoxy) is 1. The van der Waals surface area contributed by atoms with E-state index < -0.39 is 10.0 Å². The van der Waals surface area contributed by atoms with Crippen molar-refractivity contribution in [1.29, 1.82) is 0 Å². The van der Waals surface area contributed by atoms with Gasteiger partial charge in [-0.3, -0.25) is 4.79 Å². The number of aromatic nitrogens is 1. The Hall–Kier alpha value is -1.94. The molecule has 2 heterocycles. The third-order valence-corrected chi connectivity index (χ3v) is 9.49. The van der Waals surface area contributed by atoms with Gasteiger partial charge in [0.1, 0.15) is 0 Å². The van der Waals surface area contributed by atoms with Gasteiger partial charge in [-0.2, -0.15) is 0 Å². The highest BCUT2D eigenvalue weighted by Crippen LogP contribution is 2.38. The van der Waals surface area contributed by atoms with Crippen LogP contribution in [0.1, 0.15) is 50.5 Å². The monoisotopic (exact) mass is 503 g/mol. The number of carbonyl (C=O) groups is 1. The molecule has 1 atom stereocenters. The smallest absolute Gasteiger partial charge is 0.240 e. The van der Waals surface area contributed by atoms with E-state index in [9.17, 15) is 18.3 Å². The van der Waals surface area contributed by atoms with E-state index in [0.717, 1.165) is 16.5 Å². The summed E-state index contributed by atoms with van der Waals surface area (Å²) in [5.74, 6) is 0.801. The Labute approximate surface area is 207 Å². The molecule has 1 aromatic heterocycles. The minimum atomic E-state index is -3.67. The Morgan fingerprint density at radius 3 is 2.66 bits per heavy atom. The fourth-order valence-corrected chi connectivity index (χ4v) is 7.17. The first-order chi connectivity index (χ1) is 16.9. The third kappa shape index (κ3) is 5.28. The van der Waals surface area contributed by atoms with E-state index in [1.807, 2.05) is 23.9 Å². The molecule has 3 aliphatic rings. The molecule has 0 bridgehead atoms. The van der Waals surface area contributed by atoms with Gasteiger partial charge in [-0.1, -0.05) is 0 Å². The molecule has 0 spiro atoms. The number of aliphatic hydroxyl groups is 1. The number of sulfonamides is 1. The maximum atomic E-state index is 13.3. The second-order valence-corrected chi connectivity index (χ2v) is 12.2. The number of hydrogen-bond acceptors (Lipinski definition) is 5. The highest BCUT2D eigenvalue weighted by Gasteiger charge is 2.41. The van der Waals surface area contributed by atoms with Gasteiger partial charge in [0, 0.05) is 49.3 Å². The quantitative estimate of drug-likeness (QED) is 0.577. The predicted molar refractivity (Wildman–Crippen MR) is 133 cm³/mol. The fourth-order valence-electron chi connectivity index (χ4n) is 5.84. The van der Waals surface area contributed by atoms with Crippen LogP contribution < -0.4 is 4.72 Å². The summed E-state index contributed by atoms with van der Waals surface area (Å²) in [4.78, 5) is 15.6. The number of rotatable bonds is 8. The van der Waals surface area contributed by atoms with Crippen molar-refractivity contribution in [2.75, 3.05) is 26.4 Å². The first-order valence-electron chi connectivity index (χ1n) is 13.0. The fraction of sp³-hybridized carbons (Fsp3) is 0.654. The van der Waals surface area contributed by atoms with Crippen molar-refractivity contribution < 1.29 is 23.1 Å². The number of aryl methyl sites for hydroxylation is 2. The number of hydrogen-bond donors (Lipinski definition) is 2. The molecular weight excluding hydrogens is 466 g/mol. The van der Waals surface area contributed by atoms with Gasteiger partial charge in [-0.05, 0) is 81.0 Å². The molecule has 5 rings (SSSR count). The van der Waals surface area contributed by atoms with Crippen molar-refractivity contribution in [1.82, 2.24) is 14.2 Å². The lowest BCUT2D eigenvalue weighted by molar-refractivity contribution is -0.146. The summed E-state index contributed by atoms with van der Waals surface area (Å²) in [5.41, 5.74) is 2.02. The van der Waals surface area contributed by atoms with Gasteiger partial charge in [-0.15, -0.1) is 0 Å². The molecule has 192 valence electrons. The standard InChI is InChI=1S/C26H37N3O5S/c1-28-16-20(3-2-13-30)23-15-22(10-11-24(23)28)35(32,33)27-21-8-6-19(7-9-21)26(31)29-12-14-34-17-25(29)18-4-5-18/h10-11,15-16,18-19,21,25,27,30H,2-9,12-14,17H2,1H3/t19-,21-,25-/m1/s1. The van der Waals surface area contributed by atoms with E-state index in [1.165, 1.54) is 12.8 Å². The summed E-state index contributed by atoms with van der Waals surface area (Å²) in [6, 6.07) is 5.32. The SMILES string of the molecule is Cn1cc(CCCO)c2cc(S(=O)(=O)N[C@H]3CC[C@H](C(=O)N4CCOC[C@@H]4C4CC4)CC3)ccc21. The van der Waals surface area contributed by atoms with Crippen molar-refractivity contribution >= 4 is 26.8 Å². The number of benzene rings is 1. The number of fused-ring (bicyclic) bond motifs is 1. The molecule has 8 nitrogen and oxygen atoms in total. The molecule has 1 aromatic carbocycles. The molecule has 1 saturated heterocycles. The van der Waals surface area contributed by atoms with E-state index in [2.05, 4.69) is 9.62 Å². The number of nitrogens with one attached hydrogen (secondary N) is 1. The number of morpholine rings is 1. The molecule has 1 aliphatic heterocycles. The summed E-state index contributed by atoms with van der Waals surface area (Å²) in [7, 11) is -1.72. The zero-order valence-corrected chi connectivity index (χ0v) is 21.3. The summed E-state index contributed by atoms with van der Waals surface area (Å²) >= 11 is 0. The van der Waals surface area contributed by atoms with Crippen LogP contribution >= 0.6 is 0 Å². The normalized spacial score (nSPS) is 25.8. The van der Waals surface area contributed by atoms with Crippen LogP contribution in [-0.4, -0.2) is 67.3 Å². The van der Waals surface area contributed by atoms with Gasteiger partial charge in [0.2, 0.25) is 15.9 Å². The molecule has 2 saturated carbocycles. The van der Waals surface area contributed by atoms with Gasteiger partial charge in [0.25, 0.3) is 0 Å². The van der Waals surface area contributed by atoms with E-state index in [-0.39, 0.29) is 35.4 Å². The second-order valence-electron chi connectivity index (χ2n) is 10.5. The van der Waals surface area contributed by atoms with Crippen LogP contribution in [0.4, 0.5) is 0 Å². The van der Waals surface area contributed by atoms with Crippen molar-refractivity contribution in [3.8, 4) is 0 Å². The Morgan fingerprint density at radius 2 is 1.94 bits per heavy atom. The van der Waals surface area contributed by atoms with Crippen LogP contribution in [0, 0.1) is 11.8 Å². The maximum Gasteiger partial charge on any atom is 0.240 e. The van der Waals surface area contributed by atoms with Crippen LogP contribution in [0.3, 0.4) is 0 Å². The average molecular weight is 504 g/mol. The molecule has 1 amide bonds. The lowest BCUT2D eigenvalue weighted by atomic mass is 9.85. The molecule has 35 heavy (non-hydrogen) atoms. The summed E-state index contributed by atoms with van der Waals surface area (Å²) in [6.07, 6.45) is 8.48. The van der Waals surface area contributed by atoms with Gasteiger partial charge in [0.15, 0.2) is 0 Å². The molecule has 9 heteroatoms. The molecule has 2 N–H and O–H groups in total. The average Bonchev–Trinajstić information content (AvgIpc) is 3.66. The minimum absolute atomic E-state index is 0.0233. The van der Waals surface area contributed by atoms with E-state index in [4.69, 9.17) is 4.74 Å². The number of nitrogens with zero attached hydrogens (tertiary/aromatic N) is 2. The zero-order chi connectivity index (χ0) is 24.6. The maximum absolute atomic E-state index is 13.3. The van der Waals surface area contributed by atoms with Crippen molar-refractivity contribution in [3.63, 3.8) is 0 Å². The van der Waals surface area contributed by atoms with Crippen molar-refractivity contribution in [2.45, 2.75) is 68.3 Å². The van der Waals surface area contributed by atoms with Crippen molar-refractivity contribution in [3.05, 3.63) is 30.0 Å². The minimum Gasteiger partial charge on any atom is -0.396 e. The number of aliphatic hydroxyl groups excluding tert-OH is 1. The highest BCUT2D eigenvalue weighted by atomic mass is 32.2. The van der Waals surface area contributed by atoms with Crippen LogP contribution in [-0.2, 0) is 33.0 Å². The van der Waals surface area contributed by atoms with Gasteiger partial charge in [0.05, 0.1) is 24.2 Å². The third-order valence-electron chi connectivity index (χ3n) is 7.97. The van der Waals surface area contributed by atoms with E-state index in [0.29, 0.717) is 64.2 Å². The highest BCUT2D eigenvalue weighted by molar-refractivity contribution is 7.89. The molecule has 3 fully saturated rings. The van der Waals surface area contributed by atoms with Crippen LogP contribution in [0.15, 0.2) is 29.3 Å². The first-order valence-corrected chi connectivity index (χ1v) is 14.4. The van der Waals surface area contributed by atoms with Gasteiger partial charge >= 0.3 is 0 Å². The Morgan fingerprint density at radius 1 is 1.17 bits per heavy atom. The molecule has 0 radical (unpaired) electrons.